The molecule has 104 valence electrons. The van der Waals surface area contributed by atoms with E-state index in [0.29, 0.717) is 0 Å². The number of hydrogen-bond donors (Lipinski definition) is 0. The lowest BCUT2D eigenvalue weighted by Gasteiger charge is -2.13. The fourth-order valence-corrected chi connectivity index (χ4v) is 2.71. The van der Waals surface area contributed by atoms with Crippen molar-refractivity contribution in [2.24, 2.45) is 0 Å². The first-order chi connectivity index (χ1) is 9.63. The van der Waals surface area contributed by atoms with Crippen molar-refractivity contribution in [3.8, 4) is 5.95 Å². The van der Waals surface area contributed by atoms with Gasteiger partial charge in [0, 0.05) is 26.8 Å². The van der Waals surface area contributed by atoms with Crippen LogP contribution < -0.4 is 4.90 Å². The molecule has 0 aromatic carbocycles. The lowest BCUT2D eigenvalue weighted by atomic mass is 10.4. The van der Waals surface area contributed by atoms with Crippen LogP contribution >= 0.6 is 15.9 Å². The van der Waals surface area contributed by atoms with Crippen molar-refractivity contribution < 1.29 is 0 Å². The second-order valence-corrected chi connectivity index (χ2v) is 5.37. The number of hydrogen-bond acceptors (Lipinski definition) is 5. The molecule has 0 saturated heterocycles. The third-order valence-corrected chi connectivity index (χ3v) is 3.60. The number of imidazole rings is 1. The topological polar surface area (TPSA) is 64.7 Å². The molecule has 3 rings (SSSR count). The fourth-order valence-electron chi connectivity index (χ4n) is 2.18. The van der Waals surface area contributed by atoms with Crippen LogP contribution in [0.3, 0.4) is 0 Å². The first kappa shape index (κ1) is 13.0. The Balaban J connectivity index is 2.31. The van der Waals surface area contributed by atoms with Crippen molar-refractivity contribution >= 4 is 32.9 Å². The lowest BCUT2D eigenvalue weighted by molar-refractivity contribution is 0.696. The van der Waals surface area contributed by atoms with Gasteiger partial charge in [0.15, 0.2) is 0 Å². The Morgan fingerprint density at radius 2 is 2.10 bits per heavy atom. The highest BCUT2D eigenvalue weighted by Crippen LogP contribution is 2.26. The zero-order valence-corrected chi connectivity index (χ0v) is 13.0. The van der Waals surface area contributed by atoms with Crippen LogP contribution in [-0.2, 0) is 6.54 Å². The van der Waals surface area contributed by atoms with Crippen LogP contribution in [-0.4, -0.2) is 43.4 Å². The summed E-state index contributed by atoms with van der Waals surface area (Å²) in [5.74, 6) is 1.47. The summed E-state index contributed by atoms with van der Waals surface area (Å²) in [6, 6.07) is 0. The molecule has 3 aromatic rings. The molecular weight excluding hydrogens is 322 g/mol. The average molecular weight is 336 g/mol. The molecule has 0 amide bonds. The van der Waals surface area contributed by atoms with Gasteiger partial charge in [-0.2, -0.15) is 14.8 Å². The van der Waals surface area contributed by atoms with Gasteiger partial charge in [0.2, 0.25) is 11.9 Å². The maximum absolute atomic E-state index is 4.63. The maximum Gasteiger partial charge on any atom is 0.235 e. The molecule has 7 nitrogen and oxygen atoms in total. The predicted octanol–water partition coefficient (Wildman–Crippen LogP) is 1.86. The molecule has 0 saturated carbocycles. The molecule has 0 N–H and O–H groups in total. The number of rotatable bonds is 3. The van der Waals surface area contributed by atoms with Gasteiger partial charge >= 0.3 is 0 Å². The van der Waals surface area contributed by atoms with Crippen LogP contribution in [0.15, 0.2) is 23.2 Å². The molecule has 0 aliphatic rings. The van der Waals surface area contributed by atoms with E-state index in [1.807, 2.05) is 19.0 Å². The fraction of sp³-hybridized carbons (Fsp3) is 0.333. The number of aromatic nitrogens is 6. The van der Waals surface area contributed by atoms with E-state index in [0.717, 1.165) is 33.9 Å². The highest BCUT2D eigenvalue weighted by atomic mass is 79.9. The van der Waals surface area contributed by atoms with Crippen molar-refractivity contribution in [2.75, 3.05) is 19.0 Å². The Morgan fingerprint density at radius 3 is 2.80 bits per heavy atom. The summed E-state index contributed by atoms with van der Waals surface area (Å²) in [4.78, 5) is 15.0. The third-order valence-electron chi connectivity index (χ3n) is 3.02. The molecule has 20 heavy (non-hydrogen) atoms. The van der Waals surface area contributed by atoms with Crippen molar-refractivity contribution in [3.05, 3.63) is 23.2 Å². The highest BCUT2D eigenvalue weighted by Gasteiger charge is 2.18. The van der Waals surface area contributed by atoms with Gasteiger partial charge in [0.1, 0.15) is 11.8 Å². The molecule has 0 aliphatic carbocycles. The van der Waals surface area contributed by atoms with Gasteiger partial charge in [-0.05, 0) is 22.9 Å². The van der Waals surface area contributed by atoms with E-state index in [2.05, 4.69) is 47.5 Å². The summed E-state index contributed by atoms with van der Waals surface area (Å²) in [5, 5.41) is 4.29. The Hall–Kier alpha value is -1.96. The molecule has 0 aliphatic heterocycles. The van der Waals surface area contributed by atoms with Crippen molar-refractivity contribution in [1.82, 2.24) is 29.3 Å². The first-order valence-corrected chi connectivity index (χ1v) is 7.00. The minimum absolute atomic E-state index is 0.734. The van der Waals surface area contributed by atoms with Crippen LogP contribution in [0.4, 0.5) is 5.95 Å². The van der Waals surface area contributed by atoms with Gasteiger partial charge in [0.05, 0.1) is 16.2 Å². The van der Waals surface area contributed by atoms with E-state index in [4.69, 9.17) is 0 Å². The first-order valence-electron chi connectivity index (χ1n) is 6.21. The van der Waals surface area contributed by atoms with E-state index in [9.17, 15) is 0 Å². The van der Waals surface area contributed by atoms with Crippen LogP contribution in [0.1, 0.15) is 6.92 Å². The monoisotopic (exact) mass is 335 g/mol. The van der Waals surface area contributed by atoms with Gasteiger partial charge in [-0.15, -0.1) is 0 Å². The Morgan fingerprint density at radius 1 is 1.30 bits per heavy atom. The molecule has 0 radical (unpaired) electrons. The third kappa shape index (κ3) is 1.87. The number of aryl methyl sites for hydroxylation is 1. The quantitative estimate of drug-likeness (QED) is 0.730. The van der Waals surface area contributed by atoms with Gasteiger partial charge in [-0.1, -0.05) is 0 Å². The van der Waals surface area contributed by atoms with Crippen LogP contribution in [0.2, 0.25) is 0 Å². The summed E-state index contributed by atoms with van der Waals surface area (Å²) < 4.78 is 4.74. The molecule has 0 spiro atoms. The van der Waals surface area contributed by atoms with E-state index in [1.54, 1.807) is 17.1 Å². The van der Waals surface area contributed by atoms with Crippen molar-refractivity contribution in [1.29, 1.82) is 0 Å². The molecule has 3 aromatic heterocycles. The molecular formula is C12H14BrN7. The summed E-state index contributed by atoms with van der Waals surface area (Å²) in [5.41, 5.74) is 1.84. The van der Waals surface area contributed by atoms with Crippen LogP contribution in [0.25, 0.3) is 17.0 Å². The summed E-state index contributed by atoms with van der Waals surface area (Å²) in [7, 11) is 3.86. The Labute approximate surface area is 124 Å². The zero-order valence-electron chi connectivity index (χ0n) is 11.4. The summed E-state index contributed by atoms with van der Waals surface area (Å²) >= 11 is 3.53. The van der Waals surface area contributed by atoms with Crippen molar-refractivity contribution in [2.45, 2.75) is 13.5 Å². The van der Waals surface area contributed by atoms with E-state index >= 15 is 0 Å². The molecule has 3 heterocycles. The number of halogens is 1. The second kappa shape index (κ2) is 4.86. The number of pyridine rings is 1. The summed E-state index contributed by atoms with van der Waals surface area (Å²) in [6.45, 7) is 2.85. The van der Waals surface area contributed by atoms with E-state index < -0.39 is 0 Å². The van der Waals surface area contributed by atoms with Crippen LogP contribution in [0, 0.1) is 0 Å². The molecule has 0 unspecified atom stereocenters. The highest BCUT2D eigenvalue weighted by molar-refractivity contribution is 9.10. The SMILES string of the molecule is CCn1c(-n2ncnc2N(C)C)nc2cncc(Br)c21. The average Bonchev–Trinajstić information content (AvgIpc) is 3.02. The number of anilines is 1. The van der Waals surface area contributed by atoms with Crippen LogP contribution in [0.5, 0.6) is 0 Å². The van der Waals surface area contributed by atoms with E-state index in [1.165, 1.54) is 6.33 Å². The smallest absolute Gasteiger partial charge is 0.235 e. The van der Waals surface area contributed by atoms with Gasteiger partial charge in [-0.25, -0.2) is 4.98 Å². The number of nitrogens with zero attached hydrogens (tertiary/aromatic N) is 7. The second-order valence-electron chi connectivity index (χ2n) is 4.51. The minimum Gasteiger partial charge on any atom is -0.347 e. The molecule has 0 bridgehead atoms. The van der Waals surface area contributed by atoms with Gasteiger partial charge in [0.25, 0.3) is 0 Å². The lowest BCUT2D eigenvalue weighted by Crippen LogP contribution is -2.17. The zero-order chi connectivity index (χ0) is 14.3. The standard InChI is InChI=1S/C12H14BrN7/c1-4-19-10-8(13)5-14-6-9(10)17-12(19)20-11(18(2)3)15-7-16-20/h5-7H,4H2,1-3H3. The molecule has 8 heteroatoms. The molecule has 0 atom stereocenters. The predicted molar refractivity (Wildman–Crippen MR) is 80.1 cm³/mol. The maximum atomic E-state index is 4.63. The summed E-state index contributed by atoms with van der Waals surface area (Å²) in [6.07, 6.45) is 5.05. The normalized spacial score (nSPS) is 11.2. The van der Waals surface area contributed by atoms with Gasteiger partial charge < -0.3 is 9.47 Å². The largest absolute Gasteiger partial charge is 0.347 e. The number of fused-ring (bicyclic) bond motifs is 1. The van der Waals surface area contributed by atoms with Gasteiger partial charge in [-0.3, -0.25) is 4.98 Å². The van der Waals surface area contributed by atoms with Crippen molar-refractivity contribution in [3.63, 3.8) is 0 Å². The molecule has 0 fully saturated rings. The van der Waals surface area contributed by atoms with E-state index in [-0.39, 0.29) is 0 Å². The minimum atomic E-state index is 0.734. The Bertz CT molecular complexity index is 758. The Kier molecular flexibility index (Phi) is 3.17.